The Labute approximate surface area is 132 Å². The number of hydrogen-bond acceptors (Lipinski definition) is 2. The number of fused-ring (bicyclic) bond motifs is 1. The first-order chi connectivity index (χ1) is 10.0. The smallest absolute Gasteiger partial charge is 0.0548 e. The fourth-order valence-electron chi connectivity index (χ4n) is 3.31. The number of nitrogens with one attached hydrogen (secondary N) is 1. The van der Waals surface area contributed by atoms with E-state index in [0.29, 0.717) is 11.8 Å². The Morgan fingerprint density at radius 1 is 1.29 bits per heavy atom. The lowest BCUT2D eigenvalue weighted by Crippen LogP contribution is -2.41. The molecule has 1 aliphatic rings. The Balaban J connectivity index is 2.30. The van der Waals surface area contributed by atoms with Gasteiger partial charge in [-0.3, -0.25) is 4.21 Å². The molecule has 21 heavy (non-hydrogen) atoms. The van der Waals surface area contributed by atoms with Gasteiger partial charge in [-0.2, -0.15) is 0 Å². The lowest BCUT2D eigenvalue weighted by atomic mass is 9.80. The summed E-state index contributed by atoms with van der Waals surface area (Å²) in [6, 6.07) is 8.94. The summed E-state index contributed by atoms with van der Waals surface area (Å²) < 4.78 is 12.8. The highest BCUT2D eigenvalue weighted by Gasteiger charge is 2.36. The summed E-state index contributed by atoms with van der Waals surface area (Å²) in [6.07, 6.45) is 2.13. The molecule has 2 nitrogen and oxygen atoms in total. The Bertz CT molecular complexity index is 486. The van der Waals surface area contributed by atoms with E-state index in [2.05, 4.69) is 57.3 Å². The highest BCUT2D eigenvalue weighted by molar-refractivity contribution is 7.85. The molecule has 0 amide bonds. The molecule has 1 aromatic carbocycles. The Hall–Kier alpha value is -0.670. The molecule has 0 bridgehead atoms. The van der Waals surface area contributed by atoms with Crippen LogP contribution >= 0.6 is 0 Å². The molecular formula is C18H29NOS. The standard InChI is InChI=1S/C18H29NOS/c1-5-10-19-18-16-9-7-6-8-15(16)14(4)11-17(18)21(20)12-13(2)3/h6-9,13-14,17-19H,5,10-12H2,1-4H3. The van der Waals surface area contributed by atoms with Crippen LogP contribution in [-0.4, -0.2) is 21.8 Å². The van der Waals surface area contributed by atoms with Gasteiger partial charge in [-0.1, -0.05) is 52.0 Å². The minimum absolute atomic E-state index is 0.240. The fourth-order valence-corrected chi connectivity index (χ4v) is 5.26. The minimum atomic E-state index is -0.761. The van der Waals surface area contributed by atoms with E-state index in [4.69, 9.17) is 0 Å². The molecule has 0 radical (unpaired) electrons. The van der Waals surface area contributed by atoms with E-state index in [1.807, 2.05) is 0 Å². The lowest BCUT2D eigenvalue weighted by Gasteiger charge is -2.37. The topological polar surface area (TPSA) is 29.1 Å². The highest BCUT2D eigenvalue weighted by Crippen LogP contribution is 2.39. The van der Waals surface area contributed by atoms with Crippen LogP contribution in [-0.2, 0) is 10.8 Å². The zero-order valence-electron chi connectivity index (χ0n) is 13.8. The van der Waals surface area contributed by atoms with Crippen LogP contribution in [0.15, 0.2) is 24.3 Å². The molecule has 1 N–H and O–H groups in total. The second-order valence-electron chi connectivity index (χ2n) is 6.68. The number of rotatable bonds is 6. The molecular weight excluding hydrogens is 278 g/mol. The van der Waals surface area contributed by atoms with Crippen molar-refractivity contribution in [1.82, 2.24) is 5.32 Å². The van der Waals surface area contributed by atoms with E-state index in [-0.39, 0.29) is 11.3 Å². The summed E-state index contributed by atoms with van der Waals surface area (Å²) in [5, 5.41) is 3.90. The van der Waals surface area contributed by atoms with E-state index in [1.54, 1.807) is 0 Å². The second-order valence-corrected chi connectivity index (χ2v) is 8.38. The maximum atomic E-state index is 12.8. The van der Waals surface area contributed by atoms with Gasteiger partial charge < -0.3 is 5.32 Å². The molecule has 3 heteroatoms. The fraction of sp³-hybridized carbons (Fsp3) is 0.667. The summed E-state index contributed by atoms with van der Waals surface area (Å²) in [5.74, 6) is 1.80. The van der Waals surface area contributed by atoms with Crippen molar-refractivity contribution in [1.29, 1.82) is 0 Å². The van der Waals surface area contributed by atoms with Gasteiger partial charge in [-0.15, -0.1) is 0 Å². The number of benzene rings is 1. The quantitative estimate of drug-likeness (QED) is 0.860. The first kappa shape index (κ1) is 16.7. The van der Waals surface area contributed by atoms with Gasteiger partial charge in [0.1, 0.15) is 0 Å². The second kappa shape index (κ2) is 7.55. The van der Waals surface area contributed by atoms with Crippen LogP contribution < -0.4 is 5.32 Å². The maximum absolute atomic E-state index is 12.8. The van der Waals surface area contributed by atoms with Gasteiger partial charge in [0.25, 0.3) is 0 Å². The molecule has 0 fully saturated rings. The normalized spacial score (nSPS) is 26.6. The van der Waals surface area contributed by atoms with Crippen molar-refractivity contribution in [2.75, 3.05) is 12.3 Å². The van der Waals surface area contributed by atoms with Crippen LogP contribution in [0.2, 0.25) is 0 Å². The third kappa shape index (κ3) is 3.95. The molecule has 1 aliphatic carbocycles. The van der Waals surface area contributed by atoms with Gasteiger partial charge in [0.2, 0.25) is 0 Å². The summed E-state index contributed by atoms with van der Waals surface area (Å²) in [5.41, 5.74) is 2.80. The minimum Gasteiger partial charge on any atom is -0.309 e. The van der Waals surface area contributed by atoms with Gasteiger partial charge in [0.15, 0.2) is 0 Å². The third-order valence-electron chi connectivity index (χ3n) is 4.27. The van der Waals surface area contributed by atoms with Crippen LogP contribution in [0.5, 0.6) is 0 Å². The van der Waals surface area contributed by atoms with Crippen LogP contribution in [0.1, 0.15) is 63.6 Å². The molecule has 4 unspecified atom stereocenters. The largest absolute Gasteiger partial charge is 0.309 e. The summed E-state index contributed by atoms with van der Waals surface area (Å²) >= 11 is 0. The van der Waals surface area contributed by atoms with Crippen LogP contribution in [0.25, 0.3) is 0 Å². The first-order valence-corrected chi connectivity index (χ1v) is 9.62. The van der Waals surface area contributed by atoms with Crippen molar-refractivity contribution in [2.45, 2.75) is 57.7 Å². The summed E-state index contributed by atoms with van der Waals surface area (Å²) in [6.45, 7) is 9.76. The molecule has 1 aromatic rings. The third-order valence-corrected chi connectivity index (χ3v) is 6.40. The van der Waals surface area contributed by atoms with Gasteiger partial charge >= 0.3 is 0 Å². The zero-order valence-corrected chi connectivity index (χ0v) is 14.6. The van der Waals surface area contributed by atoms with E-state index in [9.17, 15) is 4.21 Å². The van der Waals surface area contributed by atoms with E-state index in [1.165, 1.54) is 11.1 Å². The maximum Gasteiger partial charge on any atom is 0.0548 e. The molecule has 0 aromatic heterocycles. The van der Waals surface area contributed by atoms with Gasteiger partial charge in [-0.05, 0) is 42.3 Å². The Morgan fingerprint density at radius 2 is 1.95 bits per heavy atom. The zero-order chi connectivity index (χ0) is 15.4. The van der Waals surface area contributed by atoms with Crippen LogP contribution in [0, 0.1) is 5.92 Å². The van der Waals surface area contributed by atoms with Crippen LogP contribution in [0.3, 0.4) is 0 Å². The predicted octanol–water partition coefficient (Wildman–Crippen LogP) is 4.01. The molecule has 0 saturated heterocycles. The Morgan fingerprint density at radius 3 is 2.57 bits per heavy atom. The van der Waals surface area contributed by atoms with E-state index < -0.39 is 10.8 Å². The molecule has 0 spiro atoms. The average molecular weight is 308 g/mol. The molecule has 118 valence electrons. The summed E-state index contributed by atoms with van der Waals surface area (Å²) in [7, 11) is -0.761. The van der Waals surface area contributed by atoms with Crippen molar-refractivity contribution < 1.29 is 4.21 Å². The van der Waals surface area contributed by atoms with Gasteiger partial charge in [0.05, 0.1) is 5.25 Å². The monoisotopic (exact) mass is 307 g/mol. The molecule has 2 rings (SSSR count). The lowest BCUT2D eigenvalue weighted by molar-refractivity contribution is 0.435. The average Bonchev–Trinajstić information content (AvgIpc) is 2.45. The molecule has 0 saturated carbocycles. The molecule has 4 atom stereocenters. The van der Waals surface area contributed by atoms with Crippen molar-refractivity contribution in [3.05, 3.63) is 35.4 Å². The van der Waals surface area contributed by atoms with E-state index in [0.717, 1.165) is 25.1 Å². The summed E-state index contributed by atoms with van der Waals surface area (Å²) in [4.78, 5) is 0. The highest BCUT2D eigenvalue weighted by atomic mass is 32.2. The van der Waals surface area contributed by atoms with Crippen molar-refractivity contribution in [3.8, 4) is 0 Å². The Kier molecular flexibility index (Phi) is 6.00. The van der Waals surface area contributed by atoms with Gasteiger partial charge in [-0.25, -0.2) is 0 Å². The van der Waals surface area contributed by atoms with Gasteiger partial charge in [0, 0.05) is 22.6 Å². The van der Waals surface area contributed by atoms with Crippen molar-refractivity contribution >= 4 is 10.8 Å². The number of hydrogen-bond donors (Lipinski definition) is 1. The SMILES string of the molecule is CCCNC1c2ccccc2C(C)CC1S(=O)CC(C)C. The van der Waals surface area contributed by atoms with Crippen molar-refractivity contribution in [3.63, 3.8) is 0 Å². The van der Waals surface area contributed by atoms with Crippen LogP contribution in [0.4, 0.5) is 0 Å². The predicted molar refractivity (Wildman–Crippen MR) is 92.1 cm³/mol. The first-order valence-electron chi connectivity index (χ1n) is 8.24. The molecule has 0 aliphatic heterocycles. The van der Waals surface area contributed by atoms with E-state index >= 15 is 0 Å². The van der Waals surface area contributed by atoms with Crippen molar-refractivity contribution in [2.24, 2.45) is 5.92 Å². The molecule has 0 heterocycles.